The van der Waals surface area contributed by atoms with Crippen LogP contribution in [0.2, 0.25) is 5.15 Å². The lowest BCUT2D eigenvalue weighted by molar-refractivity contribution is -0.380. The van der Waals surface area contributed by atoms with Crippen LogP contribution >= 0.6 is 22.9 Å². The minimum atomic E-state index is -0.601. The van der Waals surface area contributed by atoms with Gasteiger partial charge < -0.3 is 0 Å². The highest BCUT2D eigenvalue weighted by Gasteiger charge is 2.29. The van der Waals surface area contributed by atoms with Crippen LogP contribution < -0.4 is 5.56 Å². The third-order valence-corrected chi connectivity index (χ3v) is 5.49. The standard InChI is InChI=1S/C19H10ClN3O4S/c20-14-8-6-12(10-21-14)22-15(24)9-7-13-16(19(23(26)27)28-18(13)22)17(25)11-4-2-1-3-5-11/h1-10H. The molecule has 9 heteroatoms. The van der Waals surface area contributed by atoms with Gasteiger partial charge in [-0.1, -0.05) is 41.9 Å². The second-order valence-corrected chi connectivity index (χ2v) is 7.16. The first kappa shape index (κ1) is 18.0. The maximum atomic E-state index is 13.0. The number of carbonyl (C=O) groups is 1. The van der Waals surface area contributed by atoms with E-state index in [1.54, 1.807) is 36.4 Å². The van der Waals surface area contributed by atoms with Crippen LogP contribution in [-0.2, 0) is 0 Å². The van der Waals surface area contributed by atoms with Crippen molar-refractivity contribution in [1.29, 1.82) is 0 Å². The summed E-state index contributed by atoms with van der Waals surface area (Å²) in [6, 6.07) is 14.1. The van der Waals surface area contributed by atoms with Gasteiger partial charge in [0, 0.05) is 17.0 Å². The zero-order chi connectivity index (χ0) is 19.8. The first-order valence-electron chi connectivity index (χ1n) is 8.02. The zero-order valence-electron chi connectivity index (χ0n) is 14.0. The number of thiophene rings is 1. The molecule has 28 heavy (non-hydrogen) atoms. The number of nitrogens with zero attached hydrogens (tertiary/aromatic N) is 3. The van der Waals surface area contributed by atoms with Crippen LogP contribution in [0.25, 0.3) is 15.9 Å². The van der Waals surface area contributed by atoms with Crippen molar-refractivity contribution in [1.82, 2.24) is 9.55 Å². The van der Waals surface area contributed by atoms with E-state index in [-0.39, 0.29) is 15.7 Å². The molecule has 0 N–H and O–H groups in total. The van der Waals surface area contributed by atoms with E-state index >= 15 is 0 Å². The van der Waals surface area contributed by atoms with Crippen molar-refractivity contribution in [3.05, 3.63) is 97.5 Å². The molecule has 0 saturated heterocycles. The molecule has 0 unspecified atom stereocenters. The first-order chi connectivity index (χ1) is 13.5. The van der Waals surface area contributed by atoms with Crippen molar-refractivity contribution in [3.8, 4) is 5.69 Å². The van der Waals surface area contributed by atoms with Crippen molar-refractivity contribution in [2.45, 2.75) is 0 Å². The van der Waals surface area contributed by atoms with Crippen molar-refractivity contribution >= 4 is 43.9 Å². The molecule has 0 atom stereocenters. The average Bonchev–Trinajstić information content (AvgIpc) is 3.09. The molecule has 4 aromatic rings. The number of pyridine rings is 2. The molecule has 0 aliphatic rings. The van der Waals surface area contributed by atoms with Gasteiger partial charge in [-0.25, -0.2) is 4.98 Å². The SMILES string of the molecule is O=C(c1ccccc1)c1c([N+](=O)[O-])sc2c1ccc(=O)n2-c1ccc(Cl)nc1. The molecular weight excluding hydrogens is 402 g/mol. The Kier molecular flexibility index (Phi) is 4.50. The Hall–Kier alpha value is -3.36. The Morgan fingerprint density at radius 1 is 1.11 bits per heavy atom. The van der Waals surface area contributed by atoms with E-state index in [2.05, 4.69) is 4.98 Å². The maximum absolute atomic E-state index is 13.0. The second-order valence-electron chi connectivity index (χ2n) is 5.80. The van der Waals surface area contributed by atoms with E-state index in [4.69, 9.17) is 11.6 Å². The highest BCUT2D eigenvalue weighted by atomic mass is 35.5. The van der Waals surface area contributed by atoms with Crippen LogP contribution in [0, 0.1) is 10.1 Å². The van der Waals surface area contributed by atoms with Crippen LogP contribution in [0.15, 0.2) is 65.6 Å². The molecule has 0 bridgehead atoms. The van der Waals surface area contributed by atoms with Crippen LogP contribution in [0.5, 0.6) is 0 Å². The molecule has 0 aliphatic heterocycles. The Bertz CT molecular complexity index is 1280. The second kappa shape index (κ2) is 6.99. The van der Waals surface area contributed by atoms with Gasteiger partial charge in [-0.3, -0.25) is 24.3 Å². The van der Waals surface area contributed by atoms with Crippen molar-refractivity contribution in [2.24, 2.45) is 0 Å². The summed E-state index contributed by atoms with van der Waals surface area (Å²) in [4.78, 5) is 40.8. The molecule has 4 rings (SSSR count). The predicted molar refractivity (Wildman–Crippen MR) is 107 cm³/mol. The molecule has 3 aromatic heterocycles. The molecule has 0 fully saturated rings. The number of hydrogen-bond donors (Lipinski definition) is 0. The summed E-state index contributed by atoms with van der Waals surface area (Å²) in [6.07, 6.45) is 1.40. The van der Waals surface area contributed by atoms with E-state index in [1.165, 1.54) is 29.0 Å². The summed E-state index contributed by atoms with van der Waals surface area (Å²) in [6.45, 7) is 0. The lowest BCUT2D eigenvalue weighted by atomic mass is 10.0. The quantitative estimate of drug-likeness (QED) is 0.216. The number of ketones is 1. The topological polar surface area (TPSA) is 95.1 Å². The summed E-state index contributed by atoms with van der Waals surface area (Å²) in [7, 11) is 0. The molecule has 0 spiro atoms. The number of aromatic nitrogens is 2. The van der Waals surface area contributed by atoms with E-state index in [0.29, 0.717) is 21.5 Å². The van der Waals surface area contributed by atoms with Crippen LogP contribution in [-0.4, -0.2) is 20.3 Å². The number of hydrogen-bond acceptors (Lipinski definition) is 6. The van der Waals surface area contributed by atoms with Gasteiger partial charge in [0.15, 0.2) is 0 Å². The normalized spacial score (nSPS) is 10.9. The lowest BCUT2D eigenvalue weighted by Gasteiger charge is -2.06. The molecule has 3 heterocycles. The summed E-state index contributed by atoms with van der Waals surface area (Å²) < 4.78 is 1.29. The number of nitro groups is 1. The van der Waals surface area contributed by atoms with Gasteiger partial charge >= 0.3 is 5.00 Å². The largest absolute Gasteiger partial charge is 0.337 e. The first-order valence-corrected chi connectivity index (χ1v) is 9.21. The van der Waals surface area contributed by atoms with Crippen LogP contribution in [0.1, 0.15) is 15.9 Å². The van der Waals surface area contributed by atoms with Gasteiger partial charge in [0.25, 0.3) is 5.56 Å². The smallest absolute Gasteiger partial charge is 0.288 e. The minimum absolute atomic E-state index is 0.0353. The average molecular weight is 412 g/mol. The molecule has 0 amide bonds. The fourth-order valence-electron chi connectivity index (χ4n) is 2.90. The number of carbonyl (C=O) groups excluding carboxylic acids is 1. The van der Waals surface area contributed by atoms with Crippen molar-refractivity contribution in [2.75, 3.05) is 0 Å². The molecule has 0 saturated carbocycles. The highest BCUT2D eigenvalue weighted by molar-refractivity contribution is 7.22. The Labute approximate surface area is 166 Å². The van der Waals surface area contributed by atoms with Gasteiger partial charge in [0.05, 0.1) is 16.8 Å². The minimum Gasteiger partial charge on any atom is -0.288 e. The summed E-state index contributed by atoms with van der Waals surface area (Å²) >= 11 is 6.58. The third-order valence-electron chi connectivity index (χ3n) is 4.12. The monoisotopic (exact) mass is 411 g/mol. The zero-order valence-corrected chi connectivity index (χ0v) is 15.6. The number of halogens is 1. The number of rotatable bonds is 4. The van der Waals surface area contributed by atoms with Gasteiger partial charge in [0.1, 0.15) is 15.5 Å². The number of fused-ring (bicyclic) bond motifs is 1. The third kappa shape index (κ3) is 2.98. The summed E-state index contributed by atoms with van der Waals surface area (Å²) in [5.74, 6) is -0.474. The van der Waals surface area contributed by atoms with Gasteiger partial charge in [0.2, 0.25) is 5.78 Å². The Morgan fingerprint density at radius 3 is 2.50 bits per heavy atom. The van der Waals surface area contributed by atoms with Crippen LogP contribution in [0.3, 0.4) is 0 Å². The molecule has 7 nitrogen and oxygen atoms in total. The van der Waals surface area contributed by atoms with Crippen LogP contribution in [0.4, 0.5) is 5.00 Å². The number of benzene rings is 1. The molecular formula is C19H10ClN3O4S. The van der Waals surface area contributed by atoms with E-state index in [9.17, 15) is 19.7 Å². The lowest BCUT2D eigenvalue weighted by Crippen LogP contribution is -2.16. The predicted octanol–water partition coefficient (Wildman–Crippen LogP) is 4.24. The summed E-state index contributed by atoms with van der Waals surface area (Å²) in [5, 5.41) is 11.9. The van der Waals surface area contributed by atoms with E-state index in [1.807, 2.05) is 0 Å². The van der Waals surface area contributed by atoms with Crippen molar-refractivity contribution < 1.29 is 9.72 Å². The van der Waals surface area contributed by atoms with E-state index in [0.717, 1.165) is 11.3 Å². The van der Waals surface area contributed by atoms with Gasteiger partial charge in [-0.2, -0.15) is 0 Å². The molecule has 138 valence electrons. The molecule has 0 aliphatic carbocycles. The fourth-order valence-corrected chi connectivity index (χ4v) is 4.14. The Balaban J connectivity index is 2.04. The molecule has 0 radical (unpaired) electrons. The Morgan fingerprint density at radius 2 is 1.86 bits per heavy atom. The van der Waals surface area contributed by atoms with E-state index < -0.39 is 16.3 Å². The van der Waals surface area contributed by atoms with Crippen molar-refractivity contribution in [3.63, 3.8) is 0 Å². The van der Waals surface area contributed by atoms with Gasteiger partial charge in [-0.05, 0) is 29.5 Å². The maximum Gasteiger partial charge on any atom is 0.337 e. The summed E-state index contributed by atoms with van der Waals surface area (Å²) in [5.41, 5.74) is 0.296. The fraction of sp³-hybridized carbons (Fsp3) is 0. The highest BCUT2D eigenvalue weighted by Crippen LogP contribution is 2.38. The molecule has 1 aromatic carbocycles. The van der Waals surface area contributed by atoms with Gasteiger partial charge in [-0.15, -0.1) is 0 Å².